The monoisotopic (exact) mass is 301 g/mol. The molecule has 1 aromatic rings. The van der Waals surface area contributed by atoms with E-state index in [0.717, 1.165) is 0 Å². The lowest BCUT2D eigenvalue weighted by molar-refractivity contribution is -0.388. The summed E-state index contributed by atoms with van der Waals surface area (Å²) in [5.41, 5.74) is -3.15. The van der Waals surface area contributed by atoms with Crippen molar-refractivity contribution in [1.29, 1.82) is 0 Å². The third-order valence-corrected chi connectivity index (χ3v) is 2.28. The summed E-state index contributed by atoms with van der Waals surface area (Å²) in [5.74, 6) is -0.907. The van der Waals surface area contributed by atoms with Crippen molar-refractivity contribution in [2.24, 2.45) is 0 Å². The molecule has 1 aromatic heterocycles. The highest BCUT2D eigenvalue weighted by molar-refractivity contribution is 6.31. The first-order valence-corrected chi connectivity index (χ1v) is 5.19. The van der Waals surface area contributed by atoms with Crippen LogP contribution in [0.3, 0.4) is 0 Å². The summed E-state index contributed by atoms with van der Waals surface area (Å²) in [5, 5.41) is 12.6. The van der Waals surface area contributed by atoms with Gasteiger partial charge in [-0.25, -0.2) is 4.68 Å². The van der Waals surface area contributed by atoms with Crippen molar-refractivity contribution in [2.45, 2.75) is 19.6 Å². The zero-order valence-corrected chi connectivity index (χ0v) is 10.2. The lowest BCUT2D eigenvalue weighted by Crippen LogP contribution is -2.15. The molecule has 0 saturated heterocycles. The van der Waals surface area contributed by atoms with Gasteiger partial charge in [0.05, 0.1) is 11.5 Å². The Morgan fingerprint density at radius 2 is 2.16 bits per heavy atom. The molecule has 1 rings (SSSR count). The molecule has 0 saturated carbocycles. The molecule has 0 fully saturated rings. The predicted octanol–water partition coefficient (Wildman–Crippen LogP) is 2.03. The van der Waals surface area contributed by atoms with Crippen LogP contribution < -0.4 is 0 Å². The third kappa shape index (κ3) is 3.34. The normalized spacial score (nSPS) is 11.4. The van der Waals surface area contributed by atoms with E-state index in [0.29, 0.717) is 4.68 Å². The number of alkyl halides is 3. The van der Waals surface area contributed by atoms with Gasteiger partial charge in [0.2, 0.25) is 10.8 Å². The molecule has 7 nitrogen and oxygen atoms in total. The van der Waals surface area contributed by atoms with E-state index >= 15 is 0 Å². The molecule has 0 bridgehead atoms. The van der Waals surface area contributed by atoms with Crippen molar-refractivity contribution in [2.75, 3.05) is 6.61 Å². The van der Waals surface area contributed by atoms with Crippen molar-refractivity contribution < 1.29 is 27.6 Å². The zero-order valence-electron chi connectivity index (χ0n) is 9.40. The van der Waals surface area contributed by atoms with E-state index in [4.69, 9.17) is 11.6 Å². The van der Waals surface area contributed by atoms with Gasteiger partial charge in [-0.1, -0.05) is 11.6 Å². The molecular weight excluding hydrogens is 295 g/mol. The van der Waals surface area contributed by atoms with Crippen LogP contribution in [0.2, 0.25) is 5.15 Å². The van der Waals surface area contributed by atoms with Gasteiger partial charge >= 0.3 is 17.8 Å². The third-order valence-electron chi connectivity index (χ3n) is 1.90. The van der Waals surface area contributed by atoms with Gasteiger partial charge in [-0.05, 0) is 6.92 Å². The first kappa shape index (κ1) is 15.2. The Hall–Kier alpha value is -1.84. The predicted molar refractivity (Wildman–Crippen MR) is 55.5 cm³/mol. The minimum absolute atomic E-state index is 0.00590. The summed E-state index contributed by atoms with van der Waals surface area (Å²) < 4.78 is 42.5. The number of hydrogen-bond donors (Lipinski definition) is 0. The number of rotatable bonds is 4. The van der Waals surface area contributed by atoms with Crippen molar-refractivity contribution in [3.8, 4) is 0 Å². The molecule has 0 spiro atoms. The Balaban J connectivity index is 3.22. The number of carbonyl (C=O) groups excluding carboxylic acids is 1. The fourth-order valence-corrected chi connectivity index (χ4v) is 1.47. The van der Waals surface area contributed by atoms with Gasteiger partial charge < -0.3 is 4.74 Å². The standard InChI is InChI=1S/C8H7ClF3N3O4/c1-2-19-4(16)3-14-7(9)5(15(17)18)6(13-14)8(10,11)12/h2-3H2,1H3. The van der Waals surface area contributed by atoms with Crippen LogP contribution in [0, 0.1) is 10.1 Å². The number of aromatic nitrogens is 2. The summed E-state index contributed by atoms with van der Waals surface area (Å²) in [6, 6.07) is 0. The summed E-state index contributed by atoms with van der Waals surface area (Å²) in [4.78, 5) is 20.4. The molecule has 0 amide bonds. The molecule has 1 heterocycles. The molecule has 0 unspecified atom stereocenters. The molecule has 19 heavy (non-hydrogen) atoms. The fourth-order valence-electron chi connectivity index (χ4n) is 1.22. The van der Waals surface area contributed by atoms with Crippen LogP contribution in [0.15, 0.2) is 0 Å². The first-order valence-electron chi connectivity index (χ1n) is 4.82. The Morgan fingerprint density at radius 3 is 2.53 bits per heavy atom. The van der Waals surface area contributed by atoms with E-state index in [1.54, 1.807) is 0 Å². The lowest BCUT2D eigenvalue weighted by Gasteiger charge is -2.02. The number of nitrogens with zero attached hydrogens (tertiary/aromatic N) is 3. The highest BCUT2D eigenvalue weighted by atomic mass is 35.5. The summed E-state index contributed by atoms with van der Waals surface area (Å²) in [7, 11) is 0. The van der Waals surface area contributed by atoms with Crippen LogP contribution in [0.4, 0.5) is 18.9 Å². The molecular formula is C8H7ClF3N3O4. The van der Waals surface area contributed by atoms with Gasteiger partial charge in [-0.15, -0.1) is 0 Å². The van der Waals surface area contributed by atoms with Crippen LogP contribution in [0.5, 0.6) is 0 Å². The fraction of sp³-hybridized carbons (Fsp3) is 0.500. The molecule has 0 aliphatic heterocycles. The van der Waals surface area contributed by atoms with Crippen LogP contribution in [0.1, 0.15) is 12.6 Å². The number of esters is 1. The van der Waals surface area contributed by atoms with E-state index in [-0.39, 0.29) is 6.61 Å². The molecule has 106 valence electrons. The van der Waals surface area contributed by atoms with Crippen LogP contribution >= 0.6 is 11.6 Å². The van der Waals surface area contributed by atoms with Gasteiger partial charge in [0, 0.05) is 0 Å². The van der Waals surface area contributed by atoms with Crippen LogP contribution in [-0.2, 0) is 22.3 Å². The number of hydrogen-bond acceptors (Lipinski definition) is 5. The first-order chi connectivity index (χ1) is 8.68. The minimum atomic E-state index is -5.05. The largest absolute Gasteiger partial charge is 0.465 e. The summed E-state index contributed by atoms with van der Waals surface area (Å²) >= 11 is 5.43. The highest BCUT2D eigenvalue weighted by Crippen LogP contribution is 2.39. The maximum absolute atomic E-state index is 12.5. The minimum Gasteiger partial charge on any atom is -0.465 e. The van der Waals surface area contributed by atoms with E-state index < -0.39 is 40.1 Å². The van der Waals surface area contributed by atoms with Crippen molar-refractivity contribution in [3.63, 3.8) is 0 Å². The number of carbonyl (C=O) groups is 1. The Labute approximate surface area is 109 Å². The highest BCUT2D eigenvalue weighted by Gasteiger charge is 2.45. The Kier molecular flexibility index (Phi) is 4.35. The van der Waals surface area contributed by atoms with Gasteiger partial charge in [-0.2, -0.15) is 18.3 Å². The molecule has 0 aliphatic rings. The van der Waals surface area contributed by atoms with Crippen LogP contribution in [-0.4, -0.2) is 27.3 Å². The second-order valence-corrected chi connectivity index (χ2v) is 3.56. The quantitative estimate of drug-likeness (QED) is 0.482. The van der Waals surface area contributed by atoms with Crippen molar-refractivity contribution in [1.82, 2.24) is 9.78 Å². The van der Waals surface area contributed by atoms with Gasteiger partial charge in [0.15, 0.2) is 0 Å². The molecule has 0 aliphatic carbocycles. The van der Waals surface area contributed by atoms with E-state index in [9.17, 15) is 28.1 Å². The Morgan fingerprint density at radius 1 is 1.58 bits per heavy atom. The Bertz CT molecular complexity index is 514. The van der Waals surface area contributed by atoms with E-state index in [1.165, 1.54) is 6.92 Å². The van der Waals surface area contributed by atoms with Crippen LogP contribution in [0.25, 0.3) is 0 Å². The molecule has 0 aromatic carbocycles. The van der Waals surface area contributed by atoms with E-state index in [1.807, 2.05) is 0 Å². The van der Waals surface area contributed by atoms with E-state index in [2.05, 4.69) is 9.84 Å². The number of ether oxygens (including phenoxy) is 1. The second-order valence-electron chi connectivity index (χ2n) is 3.21. The lowest BCUT2D eigenvalue weighted by atomic mass is 10.4. The molecule has 0 N–H and O–H groups in total. The smallest absolute Gasteiger partial charge is 0.442 e. The number of halogens is 4. The van der Waals surface area contributed by atoms with Gasteiger partial charge in [0.25, 0.3) is 0 Å². The van der Waals surface area contributed by atoms with Crippen molar-refractivity contribution in [3.05, 3.63) is 21.0 Å². The maximum Gasteiger partial charge on any atom is 0.442 e. The van der Waals surface area contributed by atoms with Crippen molar-refractivity contribution >= 4 is 23.3 Å². The summed E-state index contributed by atoms with van der Waals surface area (Å²) in [6.45, 7) is 0.752. The van der Waals surface area contributed by atoms with Gasteiger partial charge in [0.1, 0.15) is 6.54 Å². The average Bonchev–Trinajstić information content (AvgIpc) is 2.56. The SMILES string of the molecule is CCOC(=O)Cn1nc(C(F)(F)F)c([N+](=O)[O-])c1Cl. The maximum atomic E-state index is 12.5. The number of nitro groups is 1. The topological polar surface area (TPSA) is 87.3 Å². The molecule has 11 heteroatoms. The average molecular weight is 302 g/mol. The molecule has 0 radical (unpaired) electrons. The molecule has 0 atom stereocenters. The van der Waals surface area contributed by atoms with Gasteiger partial charge in [-0.3, -0.25) is 14.9 Å². The summed E-state index contributed by atoms with van der Waals surface area (Å²) in [6.07, 6.45) is -5.05. The zero-order chi connectivity index (χ0) is 14.8. The second kappa shape index (κ2) is 5.43.